The van der Waals surface area contributed by atoms with Gasteiger partial charge < -0.3 is 16.4 Å². The average molecular weight is 304 g/mol. The maximum absolute atomic E-state index is 12.7. The smallest absolute Gasteiger partial charge is 0.251 e. The van der Waals surface area contributed by atoms with Crippen LogP contribution in [0.15, 0.2) is 24.3 Å². The van der Waals surface area contributed by atoms with E-state index >= 15 is 0 Å². The largest absolute Gasteiger partial charge is 0.355 e. The second-order valence-corrected chi connectivity index (χ2v) is 4.20. The van der Waals surface area contributed by atoms with Crippen LogP contribution in [-0.2, 0) is 4.79 Å². The van der Waals surface area contributed by atoms with Gasteiger partial charge in [-0.05, 0) is 37.6 Å². The van der Waals surface area contributed by atoms with Crippen molar-refractivity contribution in [1.82, 2.24) is 10.6 Å². The molecule has 0 aliphatic carbocycles. The molecule has 1 aromatic rings. The van der Waals surface area contributed by atoms with Crippen molar-refractivity contribution < 1.29 is 14.0 Å². The Kier molecular flexibility index (Phi) is 8.51. The SMILES string of the molecule is C[C@H](N)C(=O)NCCCNC(=O)c1ccc(F)cc1.Cl. The fourth-order valence-electron chi connectivity index (χ4n) is 1.37. The first kappa shape index (κ1) is 18.3. The molecule has 2 amide bonds. The van der Waals surface area contributed by atoms with E-state index in [0.717, 1.165) is 0 Å². The number of nitrogens with two attached hydrogens (primary N) is 1. The van der Waals surface area contributed by atoms with Crippen LogP contribution in [0, 0.1) is 5.82 Å². The van der Waals surface area contributed by atoms with E-state index in [4.69, 9.17) is 5.73 Å². The van der Waals surface area contributed by atoms with Gasteiger partial charge in [0.2, 0.25) is 5.91 Å². The summed E-state index contributed by atoms with van der Waals surface area (Å²) in [6.45, 7) is 2.48. The van der Waals surface area contributed by atoms with E-state index in [2.05, 4.69) is 10.6 Å². The number of hydrogen-bond acceptors (Lipinski definition) is 3. The van der Waals surface area contributed by atoms with Crippen molar-refractivity contribution in [2.45, 2.75) is 19.4 Å². The normalized spacial score (nSPS) is 11.2. The van der Waals surface area contributed by atoms with Crippen molar-refractivity contribution in [2.75, 3.05) is 13.1 Å². The van der Waals surface area contributed by atoms with E-state index in [1.165, 1.54) is 24.3 Å². The zero-order valence-electron chi connectivity index (χ0n) is 11.2. The maximum atomic E-state index is 12.7. The molecule has 0 bridgehead atoms. The van der Waals surface area contributed by atoms with Crippen molar-refractivity contribution in [2.24, 2.45) is 5.73 Å². The topological polar surface area (TPSA) is 84.2 Å². The van der Waals surface area contributed by atoms with Crippen LogP contribution in [0.1, 0.15) is 23.7 Å². The predicted octanol–water partition coefficient (Wildman–Crippen LogP) is 0.831. The third kappa shape index (κ3) is 6.49. The van der Waals surface area contributed by atoms with Gasteiger partial charge in [-0.2, -0.15) is 0 Å². The average Bonchev–Trinajstić information content (AvgIpc) is 2.38. The summed E-state index contributed by atoms with van der Waals surface area (Å²) in [7, 11) is 0. The van der Waals surface area contributed by atoms with Crippen molar-refractivity contribution >= 4 is 24.2 Å². The third-order valence-corrected chi connectivity index (χ3v) is 2.46. The monoisotopic (exact) mass is 303 g/mol. The molecule has 0 heterocycles. The van der Waals surface area contributed by atoms with Gasteiger partial charge in [0, 0.05) is 18.7 Å². The number of amides is 2. The minimum atomic E-state index is -0.534. The Bertz CT molecular complexity index is 438. The van der Waals surface area contributed by atoms with E-state index < -0.39 is 6.04 Å². The summed E-state index contributed by atoms with van der Waals surface area (Å²) in [5.41, 5.74) is 5.78. The molecule has 0 fully saturated rings. The zero-order valence-corrected chi connectivity index (χ0v) is 12.0. The van der Waals surface area contributed by atoms with E-state index in [1.807, 2.05) is 0 Å². The molecule has 20 heavy (non-hydrogen) atoms. The fraction of sp³-hybridized carbons (Fsp3) is 0.385. The van der Waals surface area contributed by atoms with Crippen LogP contribution >= 0.6 is 12.4 Å². The Morgan fingerprint density at radius 2 is 1.75 bits per heavy atom. The number of nitrogens with one attached hydrogen (secondary N) is 2. The lowest BCUT2D eigenvalue weighted by Gasteiger charge is -2.08. The summed E-state index contributed by atoms with van der Waals surface area (Å²) >= 11 is 0. The molecule has 1 atom stereocenters. The van der Waals surface area contributed by atoms with Gasteiger partial charge in [-0.3, -0.25) is 9.59 Å². The first-order valence-electron chi connectivity index (χ1n) is 6.08. The highest BCUT2D eigenvalue weighted by atomic mass is 35.5. The van der Waals surface area contributed by atoms with Crippen LogP contribution in [0.2, 0.25) is 0 Å². The van der Waals surface area contributed by atoms with Crippen LogP contribution in [-0.4, -0.2) is 30.9 Å². The van der Waals surface area contributed by atoms with Gasteiger partial charge in [-0.1, -0.05) is 0 Å². The first-order valence-corrected chi connectivity index (χ1v) is 6.08. The summed E-state index contributed by atoms with van der Waals surface area (Å²) in [4.78, 5) is 22.8. The summed E-state index contributed by atoms with van der Waals surface area (Å²) < 4.78 is 12.7. The zero-order chi connectivity index (χ0) is 14.3. The molecule has 0 aliphatic heterocycles. The van der Waals surface area contributed by atoms with E-state index in [1.54, 1.807) is 6.92 Å². The highest BCUT2D eigenvalue weighted by Crippen LogP contribution is 2.02. The lowest BCUT2D eigenvalue weighted by molar-refractivity contribution is -0.121. The lowest BCUT2D eigenvalue weighted by Crippen LogP contribution is -2.39. The number of carbonyl (C=O) groups is 2. The summed E-state index contributed by atoms with van der Waals surface area (Å²) in [6.07, 6.45) is 0.603. The minimum absolute atomic E-state index is 0. The van der Waals surface area contributed by atoms with E-state index in [9.17, 15) is 14.0 Å². The molecule has 1 aromatic carbocycles. The fourth-order valence-corrected chi connectivity index (χ4v) is 1.37. The molecule has 0 saturated heterocycles. The molecule has 4 N–H and O–H groups in total. The Morgan fingerprint density at radius 1 is 1.20 bits per heavy atom. The third-order valence-electron chi connectivity index (χ3n) is 2.46. The Labute approximate surface area is 123 Å². The molecular formula is C13H19ClFN3O2. The molecule has 0 spiro atoms. The lowest BCUT2D eigenvalue weighted by atomic mass is 10.2. The Balaban J connectivity index is 0.00000361. The van der Waals surface area contributed by atoms with Crippen molar-refractivity contribution in [1.29, 1.82) is 0 Å². The van der Waals surface area contributed by atoms with Crippen LogP contribution in [0.25, 0.3) is 0 Å². The molecule has 5 nitrogen and oxygen atoms in total. The Morgan fingerprint density at radius 3 is 2.30 bits per heavy atom. The number of halogens is 2. The van der Waals surface area contributed by atoms with Crippen LogP contribution < -0.4 is 16.4 Å². The molecule has 0 aliphatic rings. The first-order chi connectivity index (χ1) is 9.00. The van der Waals surface area contributed by atoms with Gasteiger partial charge in [0.1, 0.15) is 5.82 Å². The summed E-state index contributed by atoms with van der Waals surface area (Å²) in [6, 6.07) is 4.77. The van der Waals surface area contributed by atoms with Crippen LogP contribution in [0.5, 0.6) is 0 Å². The quantitative estimate of drug-likeness (QED) is 0.681. The van der Waals surface area contributed by atoms with Gasteiger partial charge in [-0.15, -0.1) is 12.4 Å². The molecule has 112 valence electrons. The van der Waals surface area contributed by atoms with Gasteiger partial charge in [-0.25, -0.2) is 4.39 Å². The van der Waals surface area contributed by atoms with Gasteiger partial charge in [0.25, 0.3) is 5.91 Å². The second-order valence-electron chi connectivity index (χ2n) is 4.20. The van der Waals surface area contributed by atoms with Gasteiger partial charge in [0.15, 0.2) is 0 Å². The number of carbonyl (C=O) groups excluding carboxylic acids is 2. The summed E-state index contributed by atoms with van der Waals surface area (Å²) in [5, 5.41) is 5.32. The van der Waals surface area contributed by atoms with Crippen LogP contribution in [0.3, 0.4) is 0 Å². The van der Waals surface area contributed by atoms with E-state index in [0.29, 0.717) is 25.1 Å². The van der Waals surface area contributed by atoms with Gasteiger partial charge in [0.05, 0.1) is 6.04 Å². The molecule has 0 saturated carbocycles. The van der Waals surface area contributed by atoms with E-state index in [-0.39, 0.29) is 30.0 Å². The predicted molar refractivity (Wildman–Crippen MR) is 77.3 cm³/mol. The maximum Gasteiger partial charge on any atom is 0.251 e. The highest BCUT2D eigenvalue weighted by molar-refractivity contribution is 5.94. The molecule has 7 heteroatoms. The highest BCUT2D eigenvalue weighted by Gasteiger charge is 2.06. The molecule has 0 unspecified atom stereocenters. The van der Waals surface area contributed by atoms with Crippen LogP contribution in [0.4, 0.5) is 4.39 Å². The second kappa shape index (κ2) is 9.28. The van der Waals surface area contributed by atoms with Crippen molar-refractivity contribution in [3.05, 3.63) is 35.6 Å². The van der Waals surface area contributed by atoms with Crippen molar-refractivity contribution in [3.63, 3.8) is 0 Å². The number of rotatable bonds is 6. The molecular weight excluding hydrogens is 285 g/mol. The molecule has 0 aromatic heterocycles. The Hall–Kier alpha value is -1.66. The number of hydrogen-bond donors (Lipinski definition) is 3. The molecule has 1 rings (SSSR count). The number of benzene rings is 1. The summed E-state index contributed by atoms with van der Waals surface area (Å²) in [5.74, 6) is -0.862. The molecule has 0 radical (unpaired) electrons. The van der Waals surface area contributed by atoms with Crippen molar-refractivity contribution in [3.8, 4) is 0 Å². The minimum Gasteiger partial charge on any atom is -0.355 e. The standard InChI is InChI=1S/C13H18FN3O2.ClH/c1-9(15)12(18)16-7-2-8-17-13(19)10-3-5-11(14)6-4-10;/h3-6,9H,2,7-8,15H2,1H3,(H,16,18)(H,17,19);1H/t9-;/m0./s1. The van der Waals surface area contributed by atoms with Gasteiger partial charge >= 0.3 is 0 Å².